The molecule has 1 N–H and O–H groups in total. The summed E-state index contributed by atoms with van der Waals surface area (Å²) in [5, 5.41) is 9.03. The molecule has 1 unspecified atom stereocenters. The SMILES string of the molecule is C=C(C)CC(CC)(C(=O)O)C(=O)OC. The number of aliphatic carboxylic acids is 1. The molecule has 0 saturated heterocycles. The van der Waals surface area contributed by atoms with Crippen molar-refractivity contribution in [3.63, 3.8) is 0 Å². The molecule has 0 amide bonds. The minimum atomic E-state index is -1.47. The summed E-state index contributed by atoms with van der Waals surface area (Å²) in [7, 11) is 1.19. The van der Waals surface area contributed by atoms with Gasteiger partial charge in [-0.15, -0.1) is 6.58 Å². The van der Waals surface area contributed by atoms with Gasteiger partial charge in [-0.05, 0) is 19.8 Å². The van der Waals surface area contributed by atoms with Crippen LogP contribution in [0.25, 0.3) is 0 Å². The van der Waals surface area contributed by atoms with Crippen molar-refractivity contribution in [3.8, 4) is 0 Å². The van der Waals surface area contributed by atoms with Gasteiger partial charge in [0.25, 0.3) is 0 Å². The van der Waals surface area contributed by atoms with E-state index in [1.54, 1.807) is 13.8 Å². The van der Waals surface area contributed by atoms with Crippen LogP contribution < -0.4 is 0 Å². The number of carbonyl (C=O) groups is 2. The van der Waals surface area contributed by atoms with Crippen molar-refractivity contribution < 1.29 is 19.4 Å². The van der Waals surface area contributed by atoms with E-state index in [-0.39, 0.29) is 12.8 Å². The van der Waals surface area contributed by atoms with Gasteiger partial charge in [0.05, 0.1) is 7.11 Å². The van der Waals surface area contributed by atoms with E-state index in [0.29, 0.717) is 5.57 Å². The Balaban J connectivity index is 5.08. The molecule has 0 rings (SSSR count). The van der Waals surface area contributed by atoms with Crippen molar-refractivity contribution in [2.75, 3.05) is 7.11 Å². The Morgan fingerprint density at radius 2 is 2.00 bits per heavy atom. The molecule has 0 fully saturated rings. The highest BCUT2D eigenvalue weighted by Gasteiger charge is 2.45. The summed E-state index contributed by atoms with van der Waals surface area (Å²) in [6, 6.07) is 0. The third-order valence-corrected chi connectivity index (χ3v) is 2.19. The van der Waals surface area contributed by atoms with E-state index in [0.717, 1.165) is 0 Å². The Morgan fingerprint density at radius 1 is 1.50 bits per heavy atom. The van der Waals surface area contributed by atoms with Gasteiger partial charge in [0, 0.05) is 0 Å². The minimum Gasteiger partial charge on any atom is -0.480 e. The first-order valence-electron chi connectivity index (χ1n) is 4.37. The largest absolute Gasteiger partial charge is 0.480 e. The quantitative estimate of drug-likeness (QED) is 0.416. The van der Waals surface area contributed by atoms with Crippen LogP contribution in [0.4, 0.5) is 0 Å². The van der Waals surface area contributed by atoms with E-state index in [9.17, 15) is 9.59 Å². The number of carboxylic acid groups (broad SMARTS) is 1. The molecule has 0 aromatic carbocycles. The van der Waals surface area contributed by atoms with E-state index < -0.39 is 17.4 Å². The first-order valence-corrected chi connectivity index (χ1v) is 4.37. The normalized spacial score (nSPS) is 14.2. The Morgan fingerprint density at radius 3 is 2.21 bits per heavy atom. The fourth-order valence-corrected chi connectivity index (χ4v) is 1.37. The van der Waals surface area contributed by atoms with Crippen LogP contribution in [-0.2, 0) is 14.3 Å². The molecule has 0 aliphatic heterocycles. The van der Waals surface area contributed by atoms with Crippen molar-refractivity contribution in [2.45, 2.75) is 26.7 Å². The van der Waals surface area contributed by atoms with Crippen molar-refractivity contribution in [2.24, 2.45) is 5.41 Å². The summed E-state index contributed by atoms with van der Waals surface area (Å²) in [6.45, 7) is 6.95. The highest BCUT2D eigenvalue weighted by Crippen LogP contribution is 2.31. The molecule has 0 heterocycles. The molecule has 0 aliphatic rings. The topological polar surface area (TPSA) is 63.6 Å². The predicted octanol–water partition coefficient (Wildman–Crippen LogP) is 1.61. The summed E-state index contributed by atoms with van der Waals surface area (Å²) in [5.74, 6) is -1.87. The maximum atomic E-state index is 11.4. The van der Waals surface area contributed by atoms with E-state index in [4.69, 9.17) is 5.11 Å². The zero-order valence-corrected chi connectivity index (χ0v) is 8.79. The van der Waals surface area contributed by atoms with Gasteiger partial charge in [-0.3, -0.25) is 9.59 Å². The zero-order chi connectivity index (χ0) is 11.4. The van der Waals surface area contributed by atoms with Crippen LogP contribution in [-0.4, -0.2) is 24.2 Å². The first-order chi connectivity index (χ1) is 6.40. The lowest BCUT2D eigenvalue weighted by Crippen LogP contribution is -2.40. The van der Waals surface area contributed by atoms with Gasteiger partial charge < -0.3 is 9.84 Å². The van der Waals surface area contributed by atoms with Crippen molar-refractivity contribution in [3.05, 3.63) is 12.2 Å². The highest BCUT2D eigenvalue weighted by atomic mass is 16.5. The molecule has 1 atom stereocenters. The van der Waals surface area contributed by atoms with E-state index in [2.05, 4.69) is 11.3 Å². The highest BCUT2D eigenvalue weighted by molar-refractivity contribution is 5.99. The lowest BCUT2D eigenvalue weighted by atomic mass is 9.79. The molecule has 4 heteroatoms. The second-order valence-corrected chi connectivity index (χ2v) is 3.37. The molecule has 0 spiro atoms. The van der Waals surface area contributed by atoms with Crippen molar-refractivity contribution in [1.29, 1.82) is 0 Å². The number of hydrogen-bond donors (Lipinski definition) is 1. The lowest BCUT2D eigenvalue weighted by molar-refractivity contribution is -0.167. The van der Waals surface area contributed by atoms with Gasteiger partial charge in [0.15, 0.2) is 5.41 Å². The molecule has 0 bridgehead atoms. The third-order valence-electron chi connectivity index (χ3n) is 2.19. The Kier molecular flexibility index (Phi) is 4.34. The van der Waals surface area contributed by atoms with Crippen LogP contribution in [0, 0.1) is 5.41 Å². The van der Waals surface area contributed by atoms with E-state index in [1.165, 1.54) is 7.11 Å². The van der Waals surface area contributed by atoms with Crippen LogP contribution in [0.15, 0.2) is 12.2 Å². The smallest absolute Gasteiger partial charge is 0.323 e. The molecule has 14 heavy (non-hydrogen) atoms. The number of allylic oxidation sites excluding steroid dienone is 1. The number of methoxy groups -OCH3 is 1. The molecule has 80 valence electrons. The average molecular weight is 200 g/mol. The molecule has 0 radical (unpaired) electrons. The van der Waals surface area contributed by atoms with Gasteiger partial charge >= 0.3 is 11.9 Å². The Bertz CT molecular complexity index is 257. The number of carboxylic acids is 1. The van der Waals surface area contributed by atoms with Crippen LogP contribution >= 0.6 is 0 Å². The minimum absolute atomic E-state index is 0.117. The Labute approximate surface area is 83.6 Å². The number of ether oxygens (including phenoxy) is 1. The van der Waals surface area contributed by atoms with Crippen molar-refractivity contribution in [1.82, 2.24) is 0 Å². The van der Waals surface area contributed by atoms with Crippen LogP contribution in [0.3, 0.4) is 0 Å². The molecule has 0 aromatic rings. The number of rotatable bonds is 5. The summed E-state index contributed by atoms with van der Waals surface area (Å²) in [5.41, 5.74) is -0.819. The predicted molar refractivity (Wildman–Crippen MR) is 51.8 cm³/mol. The van der Waals surface area contributed by atoms with E-state index >= 15 is 0 Å². The maximum Gasteiger partial charge on any atom is 0.323 e. The van der Waals surface area contributed by atoms with Gasteiger partial charge in [-0.2, -0.15) is 0 Å². The summed E-state index contributed by atoms with van der Waals surface area (Å²) in [6.07, 6.45) is 0.313. The third kappa shape index (κ3) is 2.34. The Hall–Kier alpha value is -1.32. The zero-order valence-electron chi connectivity index (χ0n) is 8.79. The number of hydrogen-bond acceptors (Lipinski definition) is 3. The molecule has 4 nitrogen and oxygen atoms in total. The summed E-state index contributed by atoms with van der Waals surface area (Å²) < 4.78 is 4.51. The maximum absolute atomic E-state index is 11.4. The average Bonchev–Trinajstić information content (AvgIpc) is 2.12. The second kappa shape index (κ2) is 4.79. The fourth-order valence-electron chi connectivity index (χ4n) is 1.37. The molecule has 0 saturated carbocycles. The molecular weight excluding hydrogens is 184 g/mol. The van der Waals surface area contributed by atoms with Crippen LogP contribution in [0.2, 0.25) is 0 Å². The van der Waals surface area contributed by atoms with E-state index in [1.807, 2.05) is 0 Å². The van der Waals surface area contributed by atoms with Gasteiger partial charge in [0.1, 0.15) is 0 Å². The fraction of sp³-hybridized carbons (Fsp3) is 0.600. The van der Waals surface area contributed by atoms with Crippen molar-refractivity contribution >= 4 is 11.9 Å². The van der Waals surface area contributed by atoms with Gasteiger partial charge in [0.2, 0.25) is 0 Å². The van der Waals surface area contributed by atoms with Gasteiger partial charge in [-0.1, -0.05) is 12.5 Å². The summed E-state index contributed by atoms with van der Waals surface area (Å²) in [4.78, 5) is 22.4. The van der Waals surface area contributed by atoms with Crippen LogP contribution in [0.1, 0.15) is 26.7 Å². The standard InChI is InChI=1S/C10H16O4/c1-5-10(8(11)12,6-7(2)3)9(13)14-4/h2,5-6H2,1,3-4H3,(H,11,12). The lowest BCUT2D eigenvalue weighted by Gasteiger charge is -2.24. The second-order valence-electron chi connectivity index (χ2n) is 3.37. The first kappa shape index (κ1) is 12.7. The summed E-state index contributed by atoms with van der Waals surface area (Å²) >= 11 is 0. The number of esters is 1. The van der Waals surface area contributed by atoms with Gasteiger partial charge in [-0.25, -0.2) is 0 Å². The molecule has 0 aliphatic carbocycles. The van der Waals surface area contributed by atoms with Crippen LogP contribution in [0.5, 0.6) is 0 Å². The monoisotopic (exact) mass is 200 g/mol. The molecular formula is C10H16O4. The molecule has 0 aromatic heterocycles. The number of carbonyl (C=O) groups excluding carboxylic acids is 1.